The highest BCUT2D eigenvalue weighted by Gasteiger charge is 2.73. The van der Waals surface area contributed by atoms with Crippen LogP contribution >= 0.6 is 0 Å². The van der Waals surface area contributed by atoms with Crippen LogP contribution in [0.5, 0.6) is 0 Å². The summed E-state index contributed by atoms with van der Waals surface area (Å²) in [6, 6.07) is 1.03. The Kier molecular flexibility index (Phi) is 4.33. The minimum absolute atomic E-state index is 0.0117. The van der Waals surface area contributed by atoms with Crippen LogP contribution in [0.2, 0.25) is 0 Å². The van der Waals surface area contributed by atoms with Crippen molar-refractivity contribution >= 4 is 0 Å². The molecule has 7 heteroatoms. The SMILES string of the molecule is C#Cc1c(C)cc(C(F)(C(F)(F)F)C(F)(F)F)cc1CC. The van der Waals surface area contributed by atoms with E-state index in [1.54, 1.807) is 0 Å². The van der Waals surface area contributed by atoms with Crippen molar-refractivity contribution in [3.05, 3.63) is 34.4 Å². The van der Waals surface area contributed by atoms with Crippen molar-refractivity contribution < 1.29 is 30.7 Å². The molecule has 0 N–H and O–H groups in total. The largest absolute Gasteiger partial charge is 0.435 e. The Labute approximate surface area is 117 Å². The average molecular weight is 312 g/mol. The summed E-state index contributed by atoms with van der Waals surface area (Å²) in [6.45, 7) is 2.74. The van der Waals surface area contributed by atoms with Crippen molar-refractivity contribution in [2.45, 2.75) is 38.3 Å². The van der Waals surface area contributed by atoms with Crippen LogP contribution in [-0.4, -0.2) is 12.4 Å². The zero-order chi connectivity index (χ0) is 16.6. The first-order valence-electron chi connectivity index (χ1n) is 5.83. The van der Waals surface area contributed by atoms with Crippen molar-refractivity contribution in [2.75, 3.05) is 0 Å². The number of aryl methyl sites for hydroxylation is 2. The summed E-state index contributed by atoms with van der Waals surface area (Å²) in [7, 11) is 0. The highest BCUT2D eigenvalue weighted by molar-refractivity contribution is 5.49. The summed E-state index contributed by atoms with van der Waals surface area (Å²) >= 11 is 0. The summed E-state index contributed by atoms with van der Waals surface area (Å²) in [5.41, 5.74) is -6.71. The molecule has 0 amide bonds. The average Bonchev–Trinajstić information content (AvgIpc) is 2.33. The number of benzene rings is 1. The molecule has 0 aliphatic heterocycles. The first kappa shape index (κ1) is 17.3. The molecule has 116 valence electrons. The van der Waals surface area contributed by atoms with E-state index in [0.717, 1.165) is 0 Å². The third kappa shape index (κ3) is 2.71. The lowest BCUT2D eigenvalue weighted by Gasteiger charge is -2.31. The van der Waals surface area contributed by atoms with Crippen molar-refractivity contribution in [1.82, 2.24) is 0 Å². The molecular formula is C14H11F7. The molecule has 0 radical (unpaired) electrons. The smallest absolute Gasteiger partial charge is 0.218 e. The Bertz CT molecular complexity index is 559. The first-order chi connectivity index (χ1) is 9.40. The van der Waals surface area contributed by atoms with Crippen LogP contribution in [0.25, 0.3) is 0 Å². The molecule has 1 aromatic carbocycles. The second-order valence-corrected chi connectivity index (χ2v) is 4.48. The molecule has 0 aliphatic rings. The number of rotatable bonds is 2. The van der Waals surface area contributed by atoms with E-state index in [4.69, 9.17) is 6.42 Å². The number of hydrogen-bond acceptors (Lipinski definition) is 0. The normalized spacial score (nSPS) is 13.1. The molecule has 1 rings (SSSR count). The molecule has 0 nitrogen and oxygen atoms in total. The molecule has 0 heterocycles. The predicted octanol–water partition coefficient (Wildman–Crippen LogP) is 4.83. The van der Waals surface area contributed by atoms with E-state index in [9.17, 15) is 30.7 Å². The van der Waals surface area contributed by atoms with Gasteiger partial charge in [-0.2, -0.15) is 26.3 Å². The lowest BCUT2D eigenvalue weighted by atomic mass is 9.88. The molecule has 0 aliphatic carbocycles. The van der Waals surface area contributed by atoms with E-state index in [2.05, 4.69) is 5.92 Å². The molecule has 0 saturated carbocycles. The molecule has 0 atom stereocenters. The highest BCUT2D eigenvalue weighted by atomic mass is 19.4. The van der Waals surface area contributed by atoms with Gasteiger partial charge in [-0.25, -0.2) is 4.39 Å². The second-order valence-electron chi connectivity index (χ2n) is 4.48. The summed E-state index contributed by atoms with van der Waals surface area (Å²) < 4.78 is 90.2. The Morgan fingerprint density at radius 3 is 1.81 bits per heavy atom. The maximum Gasteiger partial charge on any atom is 0.435 e. The van der Waals surface area contributed by atoms with E-state index >= 15 is 0 Å². The van der Waals surface area contributed by atoms with Crippen LogP contribution in [0.15, 0.2) is 12.1 Å². The summed E-state index contributed by atoms with van der Waals surface area (Å²) in [6.07, 6.45) is -7.00. The lowest BCUT2D eigenvalue weighted by Crippen LogP contribution is -2.50. The van der Waals surface area contributed by atoms with Crippen LogP contribution < -0.4 is 0 Å². The van der Waals surface area contributed by atoms with E-state index in [0.29, 0.717) is 12.1 Å². The van der Waals surface area contributed by atoms with Gasteiger partial charge >= 0.3 is 18.0 Å². The molecule has 21 heavy (non-hydrogen) atoms. The van der Waals surface area contributed by atoms with Gasteiger partial charge in [0.1, 0.15) is 0 Å². The first-order valence-corrected chi connectivity index (χ1v) is 5.83. The van der Waals surface area contributed by atoms with Crippen LogP contribution in [0.3, 0.4) is 0 Å². The number of alkyl halides is 7. The second kappa shape index (κ2) is 5.24. The fourth-order valence-electron chi connectivity index (χ4n) is 2.03. The molecule has 0 saturated heterocycles. The van der Waals surface area contributed by atoms with Crippen LogP contribution in [0, 0.1) is 19.3 Å². The van der Waals surface area contributed by atoms with Gasteiger partial charge in [-0.3, -0.25) is 0 Å². The summed E-state index contributed by atoms with van der Waals surface area (Å²) in [5.74, 6) is 2.19. The Morgan fingerprint density at radius 2 is 1.48 bits per heavy atom. The monoisotopic (exact) mass is 312 g/mol. The van der Waals surface area contributed by atoms with Crippen molar-refractivity contribution in [1.29, 1.82) is 0 Å². The van der Waals surface area contributed by atoms with Crippen molar-refractivity contribution in [3.8, 4) is 12.3 Å². The van der Waals surface area contributed by atoms with Gasteiger partial charge < -0.3 is 0 Å². The van der Waals surface area contributed by atoms with Gasteiger partial charge in [0.05, 0.1) is 0 Å². The van der Waals surface area contributed by atoms with Gasteiger partial charge in [-0.05, 0) is 24.5 Å². The minimum atomic E-state index is -6.12. The van der Waals surface area contributed by atoms with E-state index in [1.807, 2.05) is 0 Å². The molecule has 0 spiro atoms. The van der Waals surface area contributed by atoms with Crippen LogP contribution in [-0.2, 0) is 12.1 Å². The molecule has 0 aromatic heterocycles. The zero-order valence-corrected chi connectivity index (χ0v) is 11.1. The molecule has 0 bridgehead atoms. The van der Waals surface area contributed by atoms with Gasteiger partial charge in [-0.1, -0.05) is 25.0 Å². The molecule has 1 aromatic rings. The quantitative estimate of drug-likeness (QED) is 0.542. The van der Waals surface area contributed by atoms with Gasteiger partial charge in [0.25, 0.3) is 0 Å². The van der Waals surface area contributed by atoms with Crippen molar-refractivity contribution in [2.24, 2.45) is 0 Å². The number of hydrogen-bond donors (Lipinski definition) is 0. The van der Waals surface area contributed by atoms with Crippen molar-refractivity contribution in [3.63, 3.8) is 0 Å². The topological polar surface area (TPSA) is 0 Å². The van der Waals surface area contributed by atoms with Gasteiger partial charge in [0, 0.05) is 11.1 Å². The fraction of sp³-hybridized carbons (Fsp3) is 0.429. The van der Waals surface area contributed by atoms with E-state index in [1.165, 1.54) is 13.8 Å². The molecule has 0 fully saturated rings. The van der Waals surface area contributed by atoms with Crippen LogP contribution in [0.1, 0.15) is 29.2 Å². The van der Waals surface area contributed by atoms with Gasteiger partial charge in [0.2, 0.25) is 0 Å². The van der Waals surface area contributed by atoms with E-state index in [-0.39, 0.29) is 23.1 Å². The summed E-state index contributed by atoms with van der Waals surface area (Å²) in [5, 5.41) is 0. The maximum absolute atomic E-state index is 14.0. The summed E-state index contributed by atoms with van der Waals surface area (Å²) in [4.78, 5) is 0. The third-order valence-corrected chi connectivity index (χ3v) is 3.12. The fourth-order valence-corrected chi connectivity index (χ4v) is 2.03. The highest BCUT2D eigenvalue weighted by Crippen LogP contribution is 2.53. The predicted molar refractivity (Wildman–Crippen MR) is 63.4 cm³/mol. The Morgan fingerprint density at radius 1 is 1.00 bits per heavy atom. The molecule has 0 unspecified atom stereocenters. The maximum atomic E-state index is 14.0. The Hall–Kier alpha value is -1.71. The van der Waals surface area contributed by atoms with E-state index < -0.39 is 23.6 Å². The van der Waals surface area contributed by atoms with Crippen LogP contribution in [0.4, 0.5) is 30.7 Å². The Balaban J connectivity index is 3.71. The minimum Gasteiger partial charge on any atom is -0.218 e. The zero-order valence-electron chi connectivity index (χ0n) is 11.1. The standard InChI is InChI=1S/C14H11F7/c1-4-9-7-10(6-8(3)11(9)5-2)12(15,13(16,17)18)14(19,20)21/h2,6-7H,4H2,1,3H3. The number of halogens is 7. The number of terminal acetylenes is 1. The molecular weight excluding hydrogens is 301 g/mol. The van der Waals surface area contributed by atoms with Gasteiger partial charge in [0.15, 0.2) is 0 Å². The lowest BCUT2D eigenvalue weighted by molar-refractivity contribution is -0.348. The van der Waals surface area contributed by atoms with Gasteiger partial charge in [-0.15, -0.1) is 6.42 Å². The third-order valence-electron chi connectivity index (χ3n) is 3.12.